The van der Waals surface area contributed by atoms with Gasteiger partial charge in [-0.05, 0) is 0 Å². The van der Waals surface area contributed by atoms with Gasteiger partial charge >= 0.3 is 0 Å². The molecule has 5 nitrogen and oxygen atoms in total. The van der Waals surface area contributed by atoms with E-state index in [-0.39, 0.29) is 19.0 Å². The van der Waals surface area contributed by atoms with E-state index >= 15 is 0 Å². The van der Waals surface area contributed by atoms with Gasteiger partial charge in [-0.3, -0.25) is 0 Å². The Balaban J connectivity index is 2.97. The Labute approximate surface area is 96.7 Å². The molecule has 2 atom stereocenters. The molecule has 0 aromatic carbocycles. The van der Waals surface area contributed by atoms with E-state index in [0.717, 1.165) is 6.26 Å². The Hall–Kier alpha value is -0.170. The van der Waals surface area contributed by atoms with Crippen LogP contribution in [0.2, 0.25) is 0 Å². The molecule has 1 N–H and O–H groups in total. The highest BCUT2D eigenvalue weighted by molar-refractivity contribution is 7.90. The van der Waals surface area contributed by atoms with Crippen LogP contribution in [-0.4, -0.2) is 50.6 Å². The van der Waals surface area contributed by atoms with Gasteiger partial charge < -0.3 is 14.6 Å². The van der Waals surface area contributed by atoms with Gasteiger partial charge in [-0.15, -0.1) is 0 Å². The minimum Gasteiger partial charge on any atom is -0.394 e. The van der Waals surface area contributed by atoms with Crippen molar-refractivity contribution >= 4 is 9.84 Å². The Morgan fingerprint density at radius 2 is 2.00 bits per heavy atom. The zero-order chi connectivity index (χ0) is 12.6. The quantitative estimate of drug-likeness (QED) is 0.775. The predicted octanol–water partition coefficient (Wildman–Crippen LogP) is 0.181. The number of rotatable bonds is 3. The number of hydrogen-bond acceptors (Lipinski definition) is 5. The number of hydrogen-bond donors (Lipinski definition) is 1. The fourth-order valence-corrected chi connectivity index (χ4v) is 2.96. The molecule has 0 saturated carbocycles. The summed E-state index contributed by atoms with van der Waals surface area (Å²) in [6, 6.07) is 0. The van der Waals surface area contributed by atoms with E-state index < -0.39 is 27.1 Å². The normalized spacial score (nSPS) is 31.9. The Bertz CT molecular complexity index is 343. The van der Waals surface area contributed by atoms with Gasteiger partial charge in [0.1, 0.15) is 11.9 Å². The van der Waals surface area contributed by atoms with Crippen molar-refractivity contribution in [1.29, 1.82) is 0 Å². The molecule has 1 aliphatic heterocycles. The molecule has 0 bridgehead atoms. The van der Waals surface area contributed by atoms with Crippen molar-refractivity contribution in [3.8, 4) is 0 Å². The molecule has 1 fully saturated rings. The number of aliphatic hydroxyl groups is 1. The van der Waals surface area contributed by atoms with Crippen molar-refractivity contribution < 1.29 is 23.0 Å². The lowest BCUT2D eigenvalue weighted by atomic mass is 9.86. The number of aliphatic hydroxyl groups excluding tert-OH is 1. The minimum absolute atomic E-state index is 0.165. The standard InChI is InChI=1S/C10H20O5S/c1-9(2,3)10(7-16(4,12)13)14-6-8(5-11)15-10/h8,11H,5-7H2,1-4H3. The summed E-state index contributed by atoms with van der Waals surface area (Å²) in [6.45, 7) is 5.64. The van der Waals surface area contributed by atoms with Crippen LogP contribution in [-0.2, 0) is 19.3 Å². The zero-order valence-electron chi connectivity index (χ0n) is 10.2. The summed E-state index contributed by atoms with van der Waals surface area (Å²) in [7, 11) is -3.21. The van der Waals surface area contributed by atoms with Gasteiger partial charge in [-0.1, -0.05) is 20.8 Å². The van der Waals surface area contributed by atoms with Crippen LogP contribution in [0.15, 0.2) is 0 Å². The first-order valence-corrected chi connectivity index (χ1v) is 7.26. The van der Waals surface area contributed by atoms with E-state index in [1.165, 1.54) is 0 Å². The summed E-state index contributed by atoms with van der Waals surface area (Å²) in [5.74, 6) is -1.35. The minimum atomic E-state index is -3.21. The van der Waals surface area contributed by atoms with Crippen LogP contribution in [0.5, 0.6) is 0 Å². The monoisotopic (exact) mass is 252 g/mol. The van der Waals surface area contributed by atoms with E-state index in [1.807, 2.05) is 20.8 Å². The van der Waals surface area contributed by atoms with Crippen LogP contribution in [0.25, 0.3) is 0 Å². The second-order valence-electron chi connectivity index (χ2n) is 5.31. The van der Waals surface area contributed by atoms with Crippen LogP contribution in [0, 0.1) is 5.41 Å². The third kappa shape index (κ3) is 2.94. The number of ether oxygens (including phenoxy) is 2. The summed E-state index contributed by atoms with van der Waals surface area (Å²) in [4.78, 5) is 0. The summed E-state index contributed by atoms with van der Waals surface area (Å²) in [6.07, 6.45) is 0.709. The summed E-state index contributed by atoms with van der Waals surface area (Å²) in [5, 5.41) is 9.01. The van der Waals surface area contributed by atoms with Crippen LogP contribution < -0.4 is 0 Å². The van der Waals surface area contributed by atoms with Crippen LogP contribution in [0.4, 0.5) is 0 Å². The van der Waals surface area contributed by atoms with Crippen LogP contribution in [0.3, 0.4) is 0 Å². The Morgan fingerprint density at radius 1 is 1.44 bits per heavy atom. The third-order valence-electron chi connectivity index (χ3n) is 2.66. The van der Waals surface area contributed by atoms with E-state index in [4.69, 9.17) is 14.6 Å². The molecule has 1 rings (SSSR count). The van der Waals surface area contributed by atoms with Crippen molar-refractivity contribution in [3.05, 3.63) is 0 Å². The first-order chi connectivity index (χ1) is 7.10. The van der Waals surface area contributed by atoms with Gasteiger partial charge in [0.05, 0.1) is 13.2 Å². The SMILES string of the molecule is CC(C)(C)C1(CS(C)(=O)=O)OCC(CO)O1. The molecule has 1 aliphatic rings. The molecule has 2 unspecified atom stereocenters. The Kier molecular flexibility index (Phi) is 3.69. The molecule has 16 heavy (non-hydrogen) atoms. The van der Waals surface area contributed by atoms with Gasteiger partial charge in [0, 0.05) is 11.7 Å². The van der Waals surface area contributed by atoms with Gasteiger partial charge in [0.2, 0.25) is 0 Å². The molecule has 0 aliphatic carbocycles. The molecule has 1 saturated heterocycles. The molecular weight excluding hydrogens is 232 g/mol. The van der Waals surface area contributed by atoms with Crippen molar-refractivity contribution in [1.82, 2.24) is 0 Å². The highest BCUT2D eigenvalue weighted by Crippen LogP contribution is 2.40. The molecule has 1 heterocycles. The second kappa shape index (κ2) is 4.25. The maximum absolute atomic E-state index is 11.4. The Morgan fingerprint density at radius 3 is 2.31 bits per heavy atom. The van der Waals surface area contributed by atoms with Crippen LogP contribution >= 0.6 is 0 Å². The zero-order valence-corrected chi connectivity index (χ0v) is 11.0. The fraction of sp³-hybridized carbons (Fsp3) is 1.00. The number of sulfone groups is 1. The van der Waals surface area contributed by atoms with Gasteiger partial charge in [-0.2, -0.15) is 0 Å². The predicted molar refractivity (Wildman–Crippen MR) is 59.8 cm³/mol. The highest BCUT2D eigenvalue weighted by Gasteiger charge is 2.52. The molecular formula is C10H20O5S. The average Bonchev–Trinajstić information content (AvgIpc) is 2.45. The van der Waals surface area contributed by atoms with E-state index in [1.54, 1.807) is 0 Å². The van der Waals surface area contributed by atoms with Crippen molar-refractivity contribution in [3.63, 3.8) is 0 Å². The molecule has 0 aromatic rings. The topological polar surface area (TPSA) is 72.8 Å². The molecule has 0 spiro atoms. The third-order valence-corrected chi connectivity index (χ3v) is 3.56. The van der Waals surface area contributed by atoms with E-state index in [2.05, 4.69) is 0 Å². The first kappa shape index (κ1) is 13.9. The van der Waals surface area contributed by atoms with Crippen LogP contribution in [0.1, 0.15) is 20.8 Å². The lowest BCUT2D eigenvalue weighted by molar-refractivity contribution is -0.216. The molecule has 0 amide bonds. The first-order valence-electron chi connectivity index (χ1n) is 5.20. The summed E-state index contributed by atoms with van der Waals surface area (Å²) < 4.78 is 33.9. The van der Waals surface area contributed by atoms with Gasteiger partial charge in [0.15, 0.2) is 15.6 Å². The second-order valence-corrected chi connectivity index (χ2v) is 7.45. The molecule has 0 aromatic heterocycles. The van der Waals surface area contributed by atoms with E-state index in [0.29, 0.717) is 0 Å². The highest BCUT2D eigenvalue weighted by atomic mass is 32.2. The van der Waals surface area contributed by atoms with Crippen molar-refractivity contribution in [2.75, 3.05) is 25.2 Å². The molecule has 96 valence electrons. The largest absolute Gasteiger partial charge is 0.394 e. The smallest absolute Gasteiger partial charge is 0.187 e. The van der Waals surface area contributed by atoms with Crippen molar-refractivity contribution in [2.45, 2.75) is 32.7 Å². The average molecular weight is 252 g/mol. The van der Waals surface area contributed by atoms with Gasteiger partial charge in [0.25, 0.3) is 0 Å². The fourth-order valence-electron chi connectivity index (χ4n) is 1.69. The molecule has 6 heteroatoms. The summed E-state index contributed by atoms with van der Waals surface area (Å²) in [5.41, 5.74) is -0.472. The lowest BCUT2D eigenvalue weighted by Gasteiger charge is -2.39. The molecule has 0 radical (unpaired) electrons. The summed E-state index contributed by atoms with van der Waals surface area (Å²) >= 11 is 0. The van der Waals surface area contributed by atoms with Crippen molar-refractivity contribution in [2.24, 2.45) is 5.41 Å². The van der Waals surface area contributed by atoms with Gasteiger partial charge in [-0.25, -0.2) is 8.42 Å². The maximum atomic E-state index is 11.4. The lowest BCUT2D eigenvalue weighted by Crippen LogP contribution is -2.50. The maximum Gasteiger partial charge on any atom is 0.187 e. The van der Waals surface area contributed by atoms with E-state index in [9.17, 15) is 8.42 Å².